The molecular weight excluding hydrogens is 429 g/mol. The lowest BCUT2D eigenvalue weighted by molar-refractivity contribution is -0.115. The first-order valence-corrected chi connectivity index (χ1v) is 10.9. The van der Waals surface area contributed by atoms with E-state index < -0.39 is 11.2 Å². The number of ketones is 1. The number of Topliss-reactive ketones (excluding diaryl/α,β-unsaturated/α-hetero) is 1. The van der Waals surface area contributed by atoms with Gasteiger partial charge in [0.2, 0.25) is 6.41 Å². The SMILES string of the molecule is CCn1c(=O)c(C(=O)CN2CCCCC2)c(N)n(Cc2ccc(F)cc2)c1=O.CN(C)C=O. The molecule has 1 aliphatic rings. The Morgan fingerprint density at radius 1 is 1.09 bits per heavy atom. The lowest BCUT2D eigenvalue weighted by Gasteiger charge is -2.26. The summed E-state index contributed by atoms with van der Waals surface area (Å²) in [7, 11) is 3.38. The monoisotopic (exact) mass is 461 g/mol. The normalized spacial score (nSPS) is 13.7. The van der Waals surface area contributed by atoms with Gasteiger partial charge < -0.3 is 10.6 Å². The van der Waals surface area contributed by atoms with Crippen LogP contribution in [0.4, 0.5) is 10.2 Å². The van der Waals surface area contributed by atoms with Crippen LogP contribution in [-0.4, -0.2) is 64.9 Å². The number of aromatic nitrogens is 2. The van der Waals surface area contributed by atoms with E-state index in [1.165, 1.54) is 33.7 Å². The second kappa shape index (κ2) is 12.1. The van der Waals surface area contributed by atoms with Crippen LogP contribution in [0.15, 0.2) is 33.9 Å². The van der Waals surface area contributed by atoms with Crippen molar-refractivity contribution in [3.63, 3.8) is 0 Å². The molecular formula is C23H32FN5O4. The number of hydrogen-bond acceptors (Lipinski definition) is 6. The minimum Gasteiger partial charge on any atom is -0.384 e. The number of carbonyl (C=O) groups is 2. The Morgan fingerprint density at radius 3 is 2.18 bits per heavy atom. The number of nitrogens with zero attached hydrogens (tertiary/aromatic N) is 4. The average Bonchev–Trinajstić information content (AvgIpc) is 2.79. The topological polar surface area (TPSA) is 111 Å². The second-order valence-electron chi connectivity index (χ2n) is 8.13. The van der Waals surface area contributed by atoms with E-state index in [-0.39, 0.29) is 42.6 Å². The lowest BCUT2D eigenvalue weighted by Crippen LogP contribution is -2.45. The Labute approximate surface area is 192 Å². The molecule has 1 amide bonds. The van der Waals surface area contributed by atoms with Crippen molar-refractivity contribution < 1.29 is 14.0 Å². The number of halogens is 1. The molecule has 2 aromatic rings. The molecule has 1 saturated heterocycles. The smallest absolute Gasteiger partial charge is 0.332 e. The van der Waals surface area contributed by atoms with E-state index in [0.717, 1.165) is 43.3 Å². The van der Waals surface area contributed by atoms with Gasteiger partial charge in [0.1, 0.15) is 17.2 Å². The zero-order chi connectivity index (χ0) is 24.5. The highest BCUT2D eigenvalue weighted by Gasteiger charge is 2.24. The van der Waals surface area contributed by atoms with Crippen molar-refractivity contribution in [3.05, 3.63) is 62.0 Å². The molecule has 3 rings (SSSR count). The van der Waals surface area contributed by atoms with Gasteiger partial charge in [-0.2, -0.15) is 0 Å². The third-order valence-corrected chi connectivity index (χ3v) is 5.34. The van der Waals surface area contributed by atoms with Crippen LogP contribution in [0.2, 0.25) is 0 Å². The van der Waals surface area contributed by atoms with Crippen LogP contribution in [0.3, 0.4) is 0 Å². The molecule has 0 aliphatic carbocycles. The number of carbonyl (C=O) groups excluding carboxylic acids is 2. The molecule has 2 heterocycles. The van der Waals surface area contributed by atoms with Crippen LogP contribution in [-0.2, 0) is 17.9 Å². The number of rotatable bonds is 7. The van der Waals surface area contributed by atoms with Gasteiger partial charge in [0, 0.05) is 20.6 Å². The van der Waals surface area contributed by atoms with Gasteiger partial charge in [-0.15, -0.1) is 0 Å². The van der Waals surface area contributed by atoms with E-state index in [2.05, 4.69) is 0 Å². The van der Waals surface area contributed by atoms with Crippen LogP contribution in [0.5, 0.6) is 0 Å². The maximum absolute atomic E-state index is 13.2. The average molecular weight is 462 g/mol. The van der Waals surface area contributed by atoms with Crippen LogP contribution < -0.4 is 17.0 Å². The van der Waals surface area contributed by atoms with E-state index in [0.29, 0.717) is 5.56 Å². The standard InChI is InChI=1S/C20H25FN4O3.C3H7NO/c1-2-24-19(27)17(16(26)13-23-10-4-3-5-11-23)18(22)25(20(24)28)12-14-6-8-15(21)9-7-14;1-4(2)3-5/h6-9H,2-5,10-13,22H2,1H3;3H,1-2H3. The van der Waals surface area contributed by atoms with Gasteiger partial charge in [0.05, 0.1) is 13.1 Å². The molecule has 1 aromatic carbocycles. The summed E-state index contributed by atoms with van der Waals surface area (Å²) >= 11 is 0. The van der Waals surface area contributed by atoms with Crippen molar-refractivity contribution in [3.8, 4) is 0 Å². The lowest BCUT2D eigenvalue weighted by atomic mass is 10.1. The summed E-state index contributed by atoms with van der Waals surface area (Å²) in [6.45, 7) is 3.57. The van der Waals surface area contributed by atoms with Crippen molar-refractivity contribution >= 4 is 18.0 Å². The number of hydrogen-bond donors (Lipinski definition) is 1. The van der Waals surface area contributed by atoms with Gasteiger partial charge in [-0.05, 0) is 50.6 Å². The van der Waals surface area contributed by atoms with Gasteiger partial charge in [-0.1, -0.05) is 18.6 Å². The predicted octanol–water partition coefficient (Wildman–Crippen LogP) is 1.17. The zero-order valence-corrected chi connectivity index (χ0v) is 19.4. The fourth-order valence-corrected chi connectivity index (χ4v) is 3.58. The number of benzene rings is 1. The maximum Gasteiger partial charge on any atom is 0.332 e. The molecule has 2 N–H and O–H groups in total. The van der Waals surface area contributed by atoms with Gasteiger partial charge in [0.15, 0.2) is 5.78 Å². The highest BCUT2D eigenvalue weighted by molar-refractivity contribution is 6.01. The Hall–Kier alpha value is -3.27. The first-order chi connectivity index (χ1) is 15.7. The number of anilines is 1. The van der Waals surface area contributed by atoms with Gasteiger partial charge in [0.25, 0.3) is 5.56 Å². The summed E-state index contributed by atoms with van der Waals surface area (Å²) in [4.78, 5) is 51.3. The molecule has 1 aromatic heterocycles. The summed E-state index contributed by atoms with van der Waals surface area (Å²) < 4.78 is 15.4. The van der Waals surface area contributed by atoms with Crippen molar-refractivity contribution in [2.75, 3.05) is 39.5 Å². The molecule has 0 unspecified atom stereocenters. The van der Waals surface area contributed by atoms with E-state index in [1.54, 1.807) is 21.0 Å². The van der Waals surface area contributed by atoms with Crippen molar-refractivity contribution in [2.45, 2.75) is 39.3 Å². The molecule has 33 heavy (non-hydrogen) atoms. The molecule has 1 fully saturated rings. The van der Waals surface area contributed by atoms with Crippen LogP contribution in [0.25, 0.3) is 0 Å². The van der Waals surface area contributed by atoms with Gasteiger partial charge >= 0.3 is 5.69 Å². The van der Waals surface area contributed by atoms with Crippen LogP contribution in [0.1, 0.15) is 42.1 Å². The van der Waals surface area contributed by atoms with Crippen molar-refractivity contribution in [1.82, 2.24) is 18.9 Å². The number of likely N-dealkylation sites (tertiary alicyclic amines) is 1. The van der Waals surface area contributed by atoms with E-state index in [9.17, 15) is 23.6 Å². The quantitative estimate of drug-likeness (QED) is 0.490. The molecule has 1 aliphatic heterocycles. The molecule has 180 valence electrons. The van der Waals surface area contributed by atoms with Crippen molar-refractivity contribution in [2.24, 2.45) is 0 Å². The summed E-state index contributed by atoms with van der Waals surface area (Å²) in [5.74, 6) is -0.898. The molecule has 0 saturated carbocycles. The number of amides is 1. The summed E-state index contributed by atoms with van der Waals surface area (Å²) in [5, 5.41) is 0. The largest absolute Gasteiger partial charge is 0.384 e. The molecule has 0 spiro atoms. The third-order valence-electron chi connectivity index (χ3n) is 5.34. The number of nitrogen functional groups attached to an aromatic ring is 1. The van der Waals surface area contributed by atoms with Gasteiger partial charge in [-0.25, -0.2) is 9.18 Å². The van der Waals surface area contributed by atoms with Crippen molar-refractivity contribution in [1.29, 1.82) is 0 Å². The molecule has 9 nitrogen and oxygen atoms in total. The highest BCUT2D eigenvalue weighted by Crippen LogP contribution is 2.13. The Morgan fingerprint density at radius 2 is 1.67 bits per heavy atom. The fraction of sp³-hybridized carbons (Fsp3) is 0.478. The van der Waals surface area contributed by atoms with Gasteiger partial charge in [-0.3, -0.25) is 28.4 Å². The molecule has 0 radical (unpaired) electrons. The second-order valence-corrected chi connectivity index (χ2v) is 8.13. The Bertz CT molecular complexity index is 1070. The molecule has 0 atom stereocenters. The minimum atomic E-state index is -0.651. The third kappa shape index (κ3) is 6.85. The summed E-state index contributed by atoms with van der Waals surface area (Å²) in [5.41, 5.74) is 5.40. The fourth-order valence-electron chi connectivity index (χ4n) is 3.58. The van der Waals surface area contributed by atoms with Crippen LogP contribution in [0, 0.1) is 5.82 Å². The number of nitrogens with two attached hydrogens (primary N) is 1. The van der Waals surface area contributed by atoms with E-state index in [4.69, 9.17) is 5.73 Å². The predicted molar refractivity (Wildman–Crippen MR) is 125 cm³/mol. The first kappa shape index (κ1) is 26.0. The minimum absolute atomic E-state index is 0.0508. The van der Waals surface area contributed by atoms with E-state index >= 15 is 0 Å². The Kier molecular flexibility index (Phi) is 9.53. The molecule has 0 bridgehead atoms. The maximum atomic E-state index is 13.2. The highest BCUT2D eigenvalue weighted by atomic mass is 19.1. The first-order valence-electron chi connectivity index (χ1n) is 10.9. The van der Waals surface area contributed by atoms with Crippen LogP contribution >= 0.6 is 0 Å². The Balaban J connectivity index is 0.000000696. The summed E-state index contributed by atoms with van der Waals surface area (Å²) in [6, 6.07) is 5.65. The van der Waals surface area contributed by atoms with E-state index in [1.807, 2.05) is 4.90 Å². The zero-order valence-electron chi connectivity index (χ0n) is 19.4. The summed E-state index contributed by atoms with van der Waals surface area (Å²) in [6.07, 6.45) is 3.93. The molecule has 10 heteroatoms. The number of piperidine rings is 1.